The summed E-state index contributed by atoms with van der Waals surface area (Å²) in [4.78, 5) is 12.7. The van der Waals surface area contributed by atoms with E-state index in [1.165, 1.54) is 6.08 Å². The average Bonchev–Trinajstić information content (AvgIpc) is 3.27. The Kier molecular flexibility index (Phi) is 7.29. The van der Waals surface area contributed by atoms with Gasteiger partial charge in [-0.2, -0.15) is 5.26 Å². The van der Waals surface area contributed by atoms with E-state index in [-0.39, 0.29) is 11.4 Å². The molecule has 0 radical (unpaired) electrons. The average molecular weight is 465 g/mol. The van der Waals surface area contributed by atoms with Gasteiger partial charge in [-0.3, -0.25) is 10.1 Å². The second-order valence-electron chi connectivity index (χ2n) is 7.52. The number of carbonyl (C=O) groups excluding carboxylic acids is 1. The number of methoxy groups -OCH3 is 1. The number of benzene rings is 3. The lowest BCUT2D eigenvalue weighted by atomic mass is 9.98. The number of nitrogens with one attached hydrogen (secondary N) is 1. The van der Waals surface area contributed by atoms with Crippen molar-refractivity contribution in [3.05, 3.63) is 96.1 Å². The number of hydrogen-bond donors (Lipinski definition) is 1. The highest BCUT2D eigenvalue weighted by Crippen LogP contribution is 2.41. The number of anilines is 1. The van der Waals surface area contributed by atoms with Crippen LogP contribution in [0.4, 0.5) is 5.88 Å². The minimum atomic E-state index is -0.428. The molecule has 6 heteroatoms. The largest absolute Gasteiger partial charge is 0.493 e. The molecular weight excluding hydrogens is 440 g/mol. The lowest BCUT2D eigenvalue weighted by molar-refractivity contribution is -0.111. The molecule has 1 N–H and O–H groups in total. The highest BCUT2D eigenvalue weighted by Gasteiger charge is 2.23. The maximum absolute atomic E-state index is 12.7. The van der Waals surface area contributed by atoms with Crippen LogP contribution in [0.3, 0.4) is 0 Å². The van der Waals surface area contributed by atoms with Crippen molar-refractivity contribution in [1.82, 2.24) is 0 Å². The Bertz CT molecular complexity index is 1380. The first-order valence-electron chi connectivity index (χ1n) is 11.1. The van der Waals surface area contributed by atoms with E-state index in [9.17, 15) is 10.1 Å². The number of furan rings is 1. The van der Waals surface area contributed by atoms with Crippen LogP contribution < -0.4 is 14.8 Å². The van der Waals surface area contributed by atoms with E-state index in [1.807, 2.05) is 73.7 Å². The molecule has 1 amide bonds. The highest BCUT2D eigenvalue weighted by molar-refractivity contribution is 6.03. The lowest BCUT2D eigenvalue weighted by Crippen LogP contribution is -2.08. The Labute approximate surface area is 204 Å². The number of nitrogens with zero attached hydrogens (tertiary/aromatic N) is 1. The predicted molar refractivity (Wildman–Crippen MR) is 136 cm³/mol. The standard InChI is InChI=1S/C29H24N2O4/c1-3-34-24-16-14-20(18-25(24)33-2)15-17-26(32)31-29-23(19-30)27(21-10-6-4-7-11-21)28(35-29)22-12-8-5-9-13-22/h4-18H,3H2,1-2H3,(H,31,32)/b17-15+. The summed E-state index contributed by atoms with van der Waals surface area (Å²) in [6.45, 7) is 2.42. The third-order valence-corrected chi connectivity index (χ3v) is 5.27. The first-order chi connectivity index (χ1) is 17.1. The molecule has 0 aliphatic carbocycles. The Hall–Kier alpha value is -4.76. The van der Waals surface area contributed by atoms with Crippen molar-refractivity contribution in [2.24, 2.45) is 0 Å². The summed E-state index contributed by atoms with van der Waals surface area (Å²) in [7, 11) is 1.56. The van der Waals surface area contributed by atoms with Crippen molar-refractivity contribution in [3.63, 3.8) is 0 Å². The van der Waals surface area contributed by atoms with Crippen LogP contribution in [0.5, 0.6) is 11.5 Å². The zero-order chi connectivity index (χ0) is 24.6. The van der Waals surface area contributed by atoms with Gasteiger partial charge in [-0.15, -0.1) is 0 Å². The maximum Gasteiger partial charge on any atom is 0.250 e. The molecule has 0 atom stereocenters. The zero-order valence-electron chi connectivity index (χ0n) is 19.4. The summed E-state index contributed by atoms with van der Waals surface area (Å²) < 4.78 is 16.9. The van der Waals surface area contributed by atoms with Crippen LogP contribution in [0, 0.1) is 11.3 Å². The summed E-state index contributed by atoms with van der Waals surface area (Å²) in [5.41, 5.74) is 3.29. The van der Waals surface area contributed by atoms with Crippen molar-refractivity contribution in [1.29, 1.82) is 5.26 Å². The van der Waals surface area contributed by atoms with Crippen LogP contribution in [0.25, 0.3) is 28.5 Å². The quantitative estimate of drug-likeness (QED) is 0.299. The first-order valence-corrected chi connectivity index (χ1v) is 11.1. The fourth-order valence-corrected chi connectivity index (χ4v) is 3.69. The molecule has 174 valence electrons. The topological polar surface area (TPSA) is 84.5 Å². The van der Waals surface area contributed by atoms with Crippen molar-refractivity contribution in [3.8, 4) is 40.0 Å². The molecule has 6 nitrogen and oxygen atoms in total. The number of carbonyl (C=O) groups is 1. The monoisotopic (exact) mass is 464 g/mol. The van der Waals surface area contributed by atoms with Gasteiger partial charge in [-0.1, -0.05) is 66.7 Å². The molecule has 0 unspecified atom stereocenters. The Morgan fingerprint density at radius 3 is 2.31 bits per heavy atom. The summed E-state index contributed by atoms with van der Waals surface area (Å²) in [6.07, 6.45) is 3.03. The van der Waals surface area contributed by atoms with Crippen LogP contribution in [0.15, 0.2) is 89.4 Å². The summed E-state index contributed by atoms with van der Waals surface area (Å²) >= 11 is 0. The van der Waals surface area contributed by atoms with E-state index in [4.69, 9.17) is 13.9 Å². The minimum absolute atomic E-state index is 0.101. The molecule has 0 fully saturated rings. The molecule has 0 aliphatic rings. The second-order valence-corrected chi connectivity index (χ2v) is 7.52. The molecule has 1 aromatic heterocycles. The molecule has 0 bridgehead atoms. The number of hydrogen-bond acceptors (Lipinski definition) is 5. The smallest absolute Gasteiger partial charge is 0.250 e. The van der Waals surface area contributed by atoms with Gasteiger partial charge in [-0.05, 0) is 36.3 Å². The van der Waals surface area contributed by atoms with Crippen molar-refractivity contribution >= 4 is 17.9 Å². The molecular formula is C29H24N2O4. The molecule has 0 saturated heterocycles. The predicted octanol–water partition coefficient (Wildman–Crippen LogP) is 6.54. The lowest BCUT2D eigenvalue weighted by Gasteiger charge is -2.09. The first kappa shape index (κ1) is 23.4. The van der Waals surface area contributed by atoms with Gasteiger partial charge in [0, 0.05) is 17.2 Å². The number of nitriles is 1. The molecule has 0 saturated carbocycles. The Morgan fingerprint density at radius 1 is 1.00 bits per heavy atom. The van der Waals surface area contributed by atoms with Gasteiger partial charge in [0.1, 0.15) is 17.4 Å². The Morgan fingerprint density at radius 2 is 1.69 bits per heavy atom. The van der Waals surface area contributed by atoms with Gasteiger partial charge in [-0.25, -0.2) is 0 Å². The molecule has 4 rings (SSSR count). The van der Waals surface area contributed by atoms with Crippen LogP contribution >= 0.6 is 0 Å². The van der Waals surface area contributed by atoms with Gasteiger partial charge < -0.3 is 13.9 Å². The van der Waals surface area contributed by atoms with Crippen molar-refractivity contribution < 1.29 is 18.7 Å². The van der Waals surface area contributed by atoms with Crippen LogP contribution in [-0.2, 0) is 4.79 Å². The maximum atomic E-state index is 12.7. The number of rotatable bonds is 8. The van der Waals surface area contributed by atoms with E-state index in [0.29, 0.717) is 29.4 Å². The fraction of sp³-hybridized carbons (Fsp3) is 0.103. The summed E-state index contributed by atoms with van der Waals surface area (Å²) in [6, 6.07) is 26.6. The van der Waals surface area contributed by atoms with E-state index in [0.717, 1.165) is 16.7 Å². The van der Waals surface area contributed by atoms with E-state index in [1.54, 1.807) is 25.3 Å². The molecule has 3 aromatic carbocycles. The van der Waals surface area contributed by atoms with Gasteiger partial charge in [0.25, 0.3) is 5.91 Å². The minimum Gasteiger partial charge on any atom is -0.493 e. The number of amides is 1. The summed E-state index contributed by atoms with van der Waals surface area (Å²) in [5.74, 6) is 1.40. The Balaban J connectivity index is 1.65. The van der Waals surface area contributed by atoms with Crippen LogP contribution in [-0.4, -0.2) is 19.6 Å². The number of ether oxygens (including phenoxy) is 2. The van der Waals surface area contributed by atoms with Crippen molar-refractivity contribution in [2.75, 3.05) is 19.0 Å². The van der Waals surface area contributed by atoms with Gasteiger partial charge >= 0.3 is 0 Å². The molecule has 0 aliphatic heterocycles. The van der Waals surface area contributed by atoms with Crippen LogP contribution in [0.2, 0.25) is 0 Å². The zero-order valence-corrected chi connectivity index (χ0v) is 19.4. The van der Waals surface area contributed by atoms with Gasteiger partial charge in [0.05, 0.1) is 13.7 Å². The fourth-order valence-electron chi connectivity index (χ4n) is 3.69. The molecule has 35 heavy (non-hydrogen) atoms. The highest BCUT2D eigenvalue weighted by atomic mass is 16.5. The van der Waals surface area contributed by atoms with Crippen molar-refractivity contribution in [2.45, 2.75) is 6.92 Å². The van der Waals surface area contributed by atoms with E-state index >= 15 is 0 Å². The molecule has 1 heterocycles. The summed E-state index contributed by atoms with van der Waals surface area (Å²) in [5, 5.41) is 12.7. The van der Waals surface area contributed by atoms with Crippen LogP contribution in [0.1, 0.15) is 18.1 Å². The van der Waals surface area contributed by atoms with Gasteiger partial charge in [0.2, 0.25) is 5.88 Å². The molecule has 4 aromatic rings. The second kappa shape index (κ2) is 10.9. The third-order valence-electron chi connectivity index (χ3n) is 5.27. The van der Waals surface area contributed by atoms with E-state index < -0.39 is 5.91 Å². The SMILES string of the molecule is CCOc1ccc(/C=C/C(=O)Nc2oc(-c3ccccc3)c(-c3ccccc3)c2C#N)cc1OC. The molecule has 0 spiro atoms. The van der Waals surface area contributed by atoms with Gasteiger partial charge in [0.15, 0.2) is 11.5 Å². The van der Waals surface area contributed by atoms with E-state index in [2.05, 4.69) is 11.4 Å². The normalized spacial score (nSPS) is 10.7. The third kappa shape index (κ3) is 5.26.